The van der Waals surface area contributed by atoms with Gasteiger partial charge in [0.05, 0.1) is 4.34 Å². The van der Waals surface area contributed by atoms with E-state index in [1.807, 2.05) is 6.07 Å². The molecule has 0 amide bonds. The molecule has 0 radical (unpaired) electrons. The number of hydrogen-bond donors (Lipinski definition) is 1. The molecule has 102 valence electrons. The zero-order valence-electron chi connectivity index (χ0n) is 11.2. The van der Waals surface area contributed by atoms with E-state index in [0.29, 0.717) is 0 Å². The molecule has 4 heteroatoms. The van der Waals surface area contributed by atoms with Gasteiger partial charge in [-0.2, -0.15) is 0 Å². The predicted molar refractivity (Wildman–Crippen MR) is 88.0 cm³/mol. The van der Waals surface area contributed by atoms with Crippen molar-refractivity contribution < 1.29 is 0 Å². The third-order valence-corrected chi connectivity index (χ3v) is 5.11. The molecule has 1 heterocycles. The molecule has 1 unspecified atom stereocenters. The van der Waals surface area contributed by atoms with Gasteiger partial charge >= 0.3 is 0 Å². The first kappa shape index (κ1) is 15.0. The molecule has 1 atom stereocenters. The minimum absolute atomic E-state index is 0.0867. The normalized spacial score (nSPS) is 13.5. The molecule has 0 saturated carbocycles. The quantitative estimate of drug-likeness (QED) is 0.733. The highest BCUT2D eigenvalue weighted by molar-refractivity contribution is 9.10. The third kappa shape index (κ3) is 3.82. The fourth-order valence-electron chi connectivity index (χ4n) is 2.12. The van der Waals surface area contributed by atoms with Crippen LogP contribution in [0.1, 0.15) is 37.3 Å². The van der Waals surface area contributed by atoms with Gasteiger partial charge in [0.1, 0.15) is 0 Å². The Morgan fingerprint density at radius 3 is 2.32 bits per heavy atom. The van der Waals surface area contributed by atoms with E-state index in [2.05, 4.69) is 72.3 Å². The fraction of sp³-hybridized carbons (Fsp3) is 0.333. The summed E-state index contributed by atoms with van der Waals surface area (Å²) in [6.07, 6.45) is 0. The van der Waals surface area contributed by atoms with Crippen molar-refractivity contribution in [1.82, 2.24) is 5.32 Å². The maximum Gasteiger partial charge on any atom is 0.0931 e. The van der Waals surface area contributed by atoms with Crippen LogP contribution in [0.4, 0.5) is 0 Å². The van der Waals surface area contributed by atoms with Crippen LogP contribution in [0, 0.1) is 0 Å². The van der Waals surface area contributed by atoms with Crippen LogP contribution in [0.2, 0.25) is 4.34 Å². The second-order valence-corrected chi connectivity index (χ2v) is 7.80. The van der Waals surface area contributed by atoms with Crippen molar-refractivity contribution >= 4 is 38.9 Å². The monoisotopic (exact) mass is 357 g/mol. The van der Waals surface area contributed by atoms with E-state index >= 15 is 0 Å². The molecule has 0 saturated heterocycles. The Bertz CT molecular complexity index is 548. The van der Waals surface area contributed by atoms with Crippen LogP contribution in [-0.2, 0) is 5.54 Å². The van der Waals surface area contributed by atoms with Crippen LogP contribution in [0.25, 0.3) is 0 Å². The molecule has 0 bridgehead atoms. The second kappa shape index (κ2) is 5.96. The molecule has 0 spiro atoms. The summed E-state index contributed by atoms with van der Waals surface area (Å²) in [5.74, 6) is 0. The van der Waals surface area contributed by atoms with Crippen LogP contribution >= 0.6 is 38.9 Å². The average Bonchev–Trinajstić information content (AvgIpc) is 2.76. The van der Waals surface area contributed by atoms with E-state index in [4.69, 9.17) is 11.6 Å². The molecule has 0 fully saturated rings. The van der Waals surface area contributed by atoms with Gasteiger partial charge in [-0.05, 0) is 50.6 Å². The lowest BCUT2D eigenvalue weighted by Gasteiger charge is -2.30. The molecule has 1 nitrogen and oxygen atoms in total. The van der Waals surface area contributed by atoms with Crippen molar-refractivity contribution in [2.75, 3.05) is 0 Å². The number of hydrogen-bond acceptors (Lipinski definition) is 2. The standard InChI is InChI=1S/C15H17BrClNS/c1-10(13-8-9-14(17)19-13)18-15(2,3)11-4-6-12(16)7-5-11/h4-10,18H,1-3H3. The zero-order chi connectivity index (χ0) is 14.0. The lowest BCUT2D eigenvalue weighted by atomic mass is 9.93. The first-order valence-corrected chi connectivity index (χ1v) is 8.16. The number of rotatable bonds is 4. The Hall–Kier alpha value is -0.350. The molecule has 0 aliphatic rings. The summed E-state index contributed by atoms with van der Waals surface area (Å²) in [5.41, 5.74) is 1.18. The van der Waals surface area contributed by atoms with Crippen LogP contribution in [0.5, 0.6) is 0 Å². The van der Waals surface area contributed by atoms with Gasteiger partial charge in [0.15, 0.2) is 0 Å². The Labute approximate surface area is 132 Å². The number of thiophene rings is 1. The molecule has 1 aromatic heterocycles. The number of halogens is 2. The summed E-state index contributed by atoms with van der Waals surface area (Å²) >= 11 is 11.1. The summed E-state index contributed by atoms with van der Waals surface area (Å²) in [5, 5.41) is 3.66. The highest BCUT2D eigenvalue weighted by Gasteiger charge is 2.23. The summed E-state index contributed by atoms with van der Waals surface area (Å²) < 4.78 is 1.94. The Morgan fingerprint density at radius 2 is 1.79 bits per heavy atom. The van der Waals surface area contributed by atoms with E-state index in [1.165, 1.54) is 10.4 Å². The van der Waals surface area contributed by atoms with Gasteiger partial charge in [0, 0.05) is 20.9 Å². The molecule has 1 aromatic carbocycles. The Kier molecular flexibility index (Phi) is 4.72. The summed E-state index contributed by atoms with van der Waals surface area (Å²) in [4.78, 5) is 1.26. The van der Waals surface area contributed by atoms with Gasteiger partial charge in [0.2, 0.25) is 0 Å². The van der Waals surface area contributed by atoms with Crippen molar-refractivity contribution in [2.24, 2.45) is 0 Å². The van der Waals surface area contributed by atoms with E-state index in [1.54, 1.807) is 11.3 Å². The molecule has 0 aliphatic carbocycles. The average molecular weight is 359 g/mol. The van der Waals surface area contributed by atoms with Gasteiger partial charge in [-0.3, -0.25) is 0 Å². The highest BCUT2D eigenvalue weighted by Crippen LogP contribution is 2.30. The van der Waals surface area contributed by atoms with Crippen molar-refractivity contribution in [3.63, 3.8) is 0 Å². The summed E-state index contributed by atoms with van der Waals surface area (Å²) in [6.45, 7) is 6.56. The molecular weight excluding hydrogens is 342 g/mol. The lowest BCUT2D eigenvalue weighted by molar-refractivity contribution is 0.360. The van der Waals surface area contributed by atoms with Gasteiger partial charge in [-0.25, -0.2) is 0 Å². The molecule has 0 aliphatic heterocycles. The highest BCUT2D eigenvalue weighted by atomic mass is 79.9. The van der Waals surface area contributed by atoms with Crippen molar-refractivity contribution in [3.8, 4) is 0 Å². The second-order valence-electron chi connectivity index (χ2n) is 5.14. The summed E-state index contributed by atoms with van der Waals surface area (Å²) in [7, 11) is 0. The smallest absolute Gasteiger partial charge is 0.0931 e. The summed E-state index contributed by atoms with van der Waals surface area (Å²) in [6, 6.07) is 12.7. The van der Waals surface area contributed by atoms with Crippen LogP contribution in [0.15, 0.2) is 40.9 Å². The van der Waals surface area contributed by atoms with Gasteiger partial charge in [0.25, 0.3) is 0 Å². The minimum Gasteiger partial charge on any atom is -0.300 e. The zero-order valence-corrected chi connectivity index (χ0v) is 14.4. The molecule has 19 heavy (non-hydrogen) atoms. The fourth-order valence-corrected chi connectivity index (χ4v) is 3.45. The minimum atomic E-state index is -0.0867. The van der Waals surface area contributed by atoms with Crippen LogP contribution < -0.4 is 5.32 Å². The van der Waals surface area contributed by atoms with Crippen molar-refractivity contribution in [3.05, 3.63) is 55.6 Å². The third-order valence-electron chi connectivity index (χ3n) is 3.16. The topological polar surface area (TPSA) is 12.0 Å². The number of benzene rings is 1. The van der Waals surface area contributed by atoms with Crippen LogP contribution in [0.3, 0.4) is 0 Å². The van der Waals surface area contributed by atoms with E-state index in [0.717, 1.165) is 8.81 Å². The van der Waals surface area contributed by atoms with Gasteiger partial charge in [-0.1, -0.05) is 39.7 Å². The van der Waals surface area contributed by atoms with Gasteiger partial charge in [-0.15, -0.1) is 11.3 Å². The molecule has 2 aromatic rings. The Balaban J connectivity index is 2.14. The Morgan fingerprint density at radius 1 is 1.16 bits per heavy atom. The number of nitrogens with one attached hydrogen (secondary N) is 1. The first-order chi connectivity index (χ1) is 8.88. The predicted octanol–water partition coefficient (Wildman–Crippen LogP) is 5.75. The van der Waals surface area contributed by atoms with E-state index < -0.39 is 0 Å². The van der Waals surface area contributed by atoms with E-state index in [9.17, 15) is 0 Å². The van der Waals surface area contributed by atoms with Gasteiger partial charge < -0.3 is 5.32 Å². The SMILES string of the molecule is CC(NC(C)(C)c1ccc(Br)cc1)c1ccc(Cl)s1. The van der Waals surface area contributed by atoms with Crippen molar-refractivity contribution in [1.29, 1.82) is 0 Å². The van der Waals surface area contributed by atoms with Crippen LogP contribution in [-0.4, -0.2) is 0 Å². The van der Waals surface area contributed by atoms with Crippen molar-refractivity contribution in [2.45, 2.75) is 32.4 Å². The molecule has 2 rings (SSSR count). The van der Waals surface area contributed by atoms with E-state index in [-0.39, 0.29) is 11.6 Å². The molecular formula is C15H17BrClNS. The maximum atomic E-state index is 6.00. The molecule has 1 N–H and O–H groups in total. The first-order valence-electron chi connectivity index (χ1n) is 6.17. The maximum absolute atomic E-state index is 6.00. The lowest BCUT2D eigenvalue weighted by Crippen LogP contribution is -2.38. The largest absolute Gasteiger partial charge is 0.300 e.